The topological polar surface area (TPSA) is 25.4 Å². The Labute approximate surface area is 103 Å². The predicted octanol–water partition coefficient (Wildman–Crippen LogP) is 2.48. The van der Waals surface area contributed by atoms with Gasteiger partial charge in [0.25, 0.3) is 0 Å². The first-order chi connectivity index (χ1) is 8.36. The van der Waals surface area contributed by atoms with Crippen LogP contribution >= 0.6 is 0 Å². The second kappa shape index (κ2) is 4.65. The van der Waals surface area contributed by atoms with Crippen LogP contribution < -0.4 is 4.74 Å². The zero-order chi connectivity index (χ0) is 11.7. The molecule has 0 spiro atoms. The zero-order valence-electron chi connectivity index (χ0n) is 10.4. The van der Waals surface area contributed by atoms with E-state index in [-0.39, 0.29) is 0 Å². The number of aromatic nitrogens is 1. The number of ether oxygens (including phenoxy) is 1. The van der Waals surface area contributed by atoms with Crippen molar-refractivity contribution >= 4 is 0 Å². The van der Waals surface area contributed by atoms with Crippen LogP contribution in [0.2, 0.25) is 0 Å². The van der Waals surface area contributed by atoms with Crippen molar-refractivity contribution in [3.63, 3.8) is 0 Å². The fourth-order valence-electron chi connectivity index (χ4n) is 3.42. The summed E-state index contributed by atoms with van der Waals surface area (Å²) in [6, 6.07) is 7.35. The first-order valence-electron chi connectivity index (χ1n) is 6.70. The van der Waals surface area contributed by atoms with Gasteiger partial charge in [0.05, 0.1) is 0 Å². The molecular formula is C14H20N2O. The molecule has 3 heteroatoms. The maximum atomic E-state index is 5.99. The van der Waals surface area contributed by atoms with Crippen LogP contribution in [0.1, 0.15) is 32.6 Å². The smallest absolute Gasteiger partial charge is 0.213 e. The largest absolute Gasteiger partial charge is 0.474 e. The molecule has 1 aromatic rings. The molecule has 1 aromatic heterocycles. The molecule has 0 saturated carbocycles. The third kappa shape index (κ3) is 2.16. The van der Waals surface area contributed by atoms with Gasteiger partial charge in [-0.15, -0.1) is 0 Å². The molecule has 0 aromatic carbocycles. The van der Waals surface area contributed by atoms with Gasteiger partial charge in [0, 0.05) is 24.3 Å². The van der Waals surface area contributed by atoms with Crippen molar-refractivity contribution in [2.45, 2.75) is 50.8 Å². The second-order valence-electron chi connectivity index (χ2n) is 5.09. The van der Waals surface area contributed by atoms with E-state index in [2.05, 4.69) is 16.8 Å². The van der Waals surface area contributed by atoms with E-state index < -0.39 is 0 Å². The van der Waals surface area contributed by atoms with Gasteiger partial charge < -0.3 is 4.74 Å². The molecule has 2 fully saturated rings. The summed E-state index contributed by atoms with van der Waals surface area (Å²) in [5, 5.41) is 0. The van der Waals surface area contributed by atoms with E-state index in [1.54, 1.807) is 6.20 Å². The highest BCUT2D eigenvalue weighted by molar-refractivity contribution is 5.10. The Balaban J connectivity index is 1.65. The second-order valence-corrected chi connectivity index (χ2v) is 5.09. The van der Waals surface area contributed by atoms with E-state index in [1.807, 2.05) is 18.2 Å². The summed E-state index contributed by atoms with van der Waals surface area (Å²) in [6.45, 7) is 3.46. The standard InChI is InChI=1S/C14H20N2O/c1-2-16-11-6-7-12(16)10-13(9-11)17-14-5-3-4-8-15-14/h3-5,8,11-13H,2,6-7,9-10H2,1H3. The molecule has 2 bridgehead atoms. The molecule has 0 aliphatic carbocycles. The Morgan fingerprint density at radius 1 is 1.29 bits per heavy atom. The molecular weight excluding hydrogens is 212 g/mol. The van der Waals surface area contributed by atoms with Crippen molar-refractivity contribution in [1.29, 1.82) is 0 Å². The maximum absolute atomic E-state index is 5.99. The third-order valence-corrected chi connectivity index (χ3v) is 4.13. The minimum atomic E-state index is 0.366. The monoisotopic (exact) mass is 232 g/mol. The minimum Gasteiger partial charge on any atom is -0.474 e. The lowest BCUT2D eigenvalue weighted by atomic mass is 10.00. The average Bonchev–Trinajstić information content (AvgIpc) is 2.61. The van der Waals surface area contributed by atoms with Crippen LogP contribution in [0, 0.1) is 0 Å². The highest BCUT2D eigenvalue weighted by Crippen LogP contribution is 2.36. The quantitative estimate of drug-likeness (QED) is 0.800. The number of fused-ring (bicyclic) bond motifs is 2. The van der Waals surface area contributed by atoms with Crippen LogP contribution in [-0.4, -0.2) is 34.6 Å². The van der Waals surface area contributed by atoms with Crippen molar-refractivity contribution < 1.29 is 4.74 Å². The molecule has 3 heterocycles. The zero-order valence-corrected chi connectivity index (χ0v) is 10.4. The van der Waals surface area contributed by atoms with Crippen molar-refractivity contribution in [2.24, 2.45) is 0 Å². The van der Waals surface area contributed by atoms with E-state index in [9.17, 15) is 0 Å². The number of hydrogen-bond donors (Lipinski definition) is 0. The van der Waals surface area contributed by atoms with E-state index >= 15 is 0 Å². The Kier molecular flexibility index (Phi) is 3.02. The summed E-state index contributed by atoms with van der Waals surface area (Å²) in [6.07, 6.45) is 7.19. The van der Waals surface area contributed by atoms with E-state index in [4.69, 9.17) is 4.74 Å². The predicted molar refractivity (Wildman–Crippen MR) is 67.1 cm³/mol. The first kappa shape index (κ1) is 11.0. The normalized spacial score (nSPS) is 32.6. The van der Waals surface area contributed by atoms with Crippen molar-refractivity contribution in [3.05, 3.63) is 24.4 Å². The number of rotatable bonds is 3. The van der Waals surface area contributed by atoms with Crippen molar-refractivity contribution in [3.8, 4) is 5.88 Å². The van der Waals surface area contributed by atoms with Gasteiger partial charge >= 0.3 is 0 Å². The molecule has 3 nitrogen and oxygen atoms in total. The summed E-state index contributed by atoms with van der Waals surface area (Å²) < 4.78 is 5.99. The van der Waals surface area contributed by atoms with Gasteiger partial charge in [-0.25, -0.2) is 4.98 Å². The van der Waals surface area contributed by atoms with Crippen LogP contribution in [0.5, 0.6) is 5.88 Å². The summed E-state index contributed by atoms with van der Waals surface area (Å²) in [5.41, 5.74) is 0. The third-order valence-electron chi connectivity index (χ3n) is 4.13. The molecule has 17 heavy (non-hydrogen) atoms. The minimum absolute atomic E-state index is 0.366. The molecule has 2 aliphatic heterocycles. The summed E-state index contributed by atoms with van der Waals surface area (Å²) >= 11 is 0. The number of hydrogen-bond acceptors (Lipinski definition) is 3. The van der Waals surface area contributed by atoms with Gasteiger partial charge in [-0.1, -0.05) is 13.0 Å². The van der Waals surface area contributed by atoms with E-state index in [0.717, 1.165) is 18.0 Å². The molecule has 2 saturated heterocycles. The summed E-state index contributed by atoms with van der Waals surface area (Å²) in [4.78, 5) is 6.90. The van der Waals surface area contributed by atoms with Gasteiger partial charge in [-0.2, -0.15) is 0 Å². The summed E-state index contributed by atoms with van der Waals surface area (Å²) in [7, 11) is 0. The van der Waals surface area contributed by atoms with Gasteiger partial charge in [-0.05, 0) is 38.3 Å². The molecule has 0 N–H and O–H groups in total. The number of pyridine rings is 1. The van der Waals surface area contributed by atoms with Gasteiger partial charge in [0.15, 0.2) is 0 Å². The van der Waals surface area contributed by atoms with Gasteiger partial charge in [-0.3, -0.25) is 4.90 Å². The molecule has 92 valence electrons. The van der Waals surface area contributed by atoms with Crippen LogP contribution in [-0.2, 0) is 0 Å². The average molecular weight is 232 g/mol. The van der Waals surface area contributed by atoms with E-state index in [0.29, 0.717) is 6.10 Å². The Hall–Kier alpha value is -1.09. The van der Waals surface area contributed by atoms with Crippen LogP contribution in [0.15, 0.2) is 24.4 Å². The lowest BCUT2D eigenvalue weighted by Crippen LogP contribution is -2.46. The Morgan fingerprint density at radius 3 is 2.65 bits per heavy atom. The Morgan fingerprint density at radius 2 is 2.06 bits per heavy atom. The molecule has 2 atom stereocenters. The molecule has 2 aliphatic rings. The Bertz CT molecular complexity index is 354. The molecule has 3 rings (SSSR count). The van der Waals surface area contributed by atoms with E-state index in [1.165, 1.54) is 32.2 Å². The fourth-order valence-corrected chi connectivity index (χ4v) is 3.42. The first-order valence-corrected chi connectivity index (χ1v) is 6.70. The van der Waals surface area contributed by atoms with Gasteiger partial charge in [0.2, 0.25) is 5.88 Å². The number of piperidine rings is 1. The van der Waals surface area contributed by atoms with Crippen LogP contribution in [0.3, 0.4) is 0 Å². The highest BCUT2D eigenvalue weighted by Gasteiger charge is 2.40. The fraction of sp³-hybridized carbons (Fsp3) is 0.643. The molecule has 0 radical (unpaired) electrons. The lowest BCUT2D eigenvalue weighted by molar-refractivity contribution is 0.0505. The van der Waals surface area contributed by atoms with Crippen molar-refractivity contribution in [2.75, 3.05) is 6.54 Å². The van der Waals surface area contributed by atoms with Gasteiger partial charge in [0.1, 0.15) is 6.10 Å². The molecule has 2 unspecified atom stereocenters. The summed E-state index contributed by atoms with van der Waals surface area (Å²) in [5.74, 6) is 0.779. The SMILES string of the molecule is CCN1C2CCC1CC(Oc1ccccn1)C2. The molecule has 0 amide bonds. The number of nitrogens with zero attached hydrogens (tertiary/aromatic N) is 2. The maximum Gasteiger partial charge on any atom is 0.213 e. The lowest BCUT2D eigenvalue weighted by Gasteiger charge is -2.37. The van der Waals surface area contributed by atoms with Crippen LogP contribution in [0.25, 0.3) is 0 Å². The highest BCUT2D eigenvalue weighted by atomic mass is 16.5. The van der Waals surface area contributed by atoms with Crippen molar-refractivity contribution in [1.82, 2.24) is 9.88 Å². The van der Waals surface area contributed by atoms with Crippen LogP contribution in [0.4, 0.5) is 0 Å².